The van der Waals surface area contributed by atoms with Gasteiger partial charge in [0.2, 0.25) is 5.95 Å². The van der Waals surface area contributed by atoms with E-state index in [0.717, 1.165) is 18.2 Å². The average Bonchev–Trinajstić information content (AvgIpc) is 3.03. The number of nitrogens with zero attached hydrogens (tertiary/aromatic N) is 5. The van der Waals surface area contributed by atoms with E-state index in [4.69, 9.17) is 4.98 Å². The highest BCUT2D eigenvalue weighted by molar-refractivity contribution is 5.77. The van der Waals surface area contributed by atoms with Gasteiger partial charge in [-0.1, -0.05) is 38.5 Å². The largest absolute Gasteiger partial charge is 0.332 e. The zero-order valence-corrected chi connectivity index (χ0v) is 17.1. The topological polar surface area (TPSA) is 65.1 Å². The molecule has 2 aromatic heterocycles. The van der Waals surface area contributed by atoms with Crippen LogP contribution in [0.5, 0.6) is 0 Å². The Morgan fingerprint density at radius 1 is 1.14 bits per heavy atom. The molecule has 0 saturated heterocycles. The minimum atomic E-state index is -0.309. The lowest BCUT2D eigenvalue weighted by atomic mass is 10.1. The zero-order valence-electron chi connectivity index (χ0n) is 17.1. The van der Waals surface area contributed by atoms with Crippen molar-refractivity contribution >= 4 is 22.8 Å². The summed E-state index contributed by atoms with van der Waals surface area (Å²) in [6.07, 6.45) is 0. The molecular weight excluding hydrogens is 354 g/mol. The Labute approximate surface area is 163 Å². The van der Waals surface area contributed by atoms with E-state index in [-0.39, 0.29) is 17.2 Å². The number of aryl methyl sites for hydroxylation is 2. The summed E-state index contributed by atoms with van der Waals surface area (Å²) in [4.78, 5) is 32.9. The van der Waals surface area contributed by atoms with E-state index >= 15 is 0 Å². The molecule has 0 saturated carbocycles. The second-order valence-corrected chi connectivity index (χ2v) is 8.40. The SMILES string of the molecule is Cc1ccc(N2CC(C)Cn3c2nc2c3c(=O)n(CC(C)C)c(=O)n2C)cc1. The molecule has 3 aromatic rings. The van der Waals surface area contributed by atoms with Crippen molar-refractivity contribution in [3.8, 4) is 0 Å². The Morgan fingerprint density at radius 3 is 2.46 bits per heavy atom. The maximum atomic E-state index is 13.2. The molecule has 1 unspecified atom stereocenters. The summed E-state index contributed by atoms with van der Waals surface area (Å²) >= 11 is 0. The highest BCUT2D eigenvalue weighted by Crippen LogP contribution is 2.32. The van der Waals surface area contributed by atoms with Crippen molar-refractivity contribution in [2.24, 2.45) is 18.9 Å². The van der Waals surface area contributed by atoms with Crippen molar-refractivity contribution in [1.82, 2.24) is 18.7 Å². The summed E-state index contributed by atoms with van der Waals surface area (Å²) < 4.78 is 4.84. The van der Waals surface area contributed by atoms with E-state index in [1.165, 1.54) is 14.7 Å². The molecule has 0 fully saturated rings. The van der Waals surface area contributed by atoms with Crippen molar-refractivity contribution in [2.75, 3.05) is 11.4 Å². The lowest BCUT2D eigenvalue weighted by Gasteiger charge is -2.33. The van der Waals surface area contributed by atoms with Crippen LogP contribution < -0.4 is 16.1 Å². The smallest absolute Gasteiger partial charge is 0.312 e. The second kappa shape index (κ2) is 6.65. The maximum Gasteiger partial charge on any atom is 0.332 e. The number of hydrogen-bond donors (Lipinski definition) is 0. The van der Waals surface area contributed by atoms with Gasteiger partial charge in [-0.25, -0.2) is 4.79 Å². The maximum absolute atomic E-state index is 13.2. The van der Waals surface area contributed by atoms with E-state index in [1.54, 1.807) is 7.05 Å². The minimum Gasteiger partial charge on any atom is -0.312 e. The van der Waals surface area contributed by atoms with Gasteiger partial charge in [0.15, 0.2) is 11.2 Å². The molecule has 0 N–H and O–H groups in total. The Kier molecular flexibility index (Phi) is 4.40. The van der Waals surface area contributed by atoms with Gasteiger partial charge in [0.1, 0.15) is 0 Å². The Balaban J connectivity index is 1.99. The van der Waals surface area contributed by atoms with Crippen LogP contribution >= 0.6 is 0 Å². The van der Waals surface area contributed by atoms with Crippen molar-refractivity contribution in [2.45, 2.75) is 40.8 Å². The van der Waals surface area contributed by atoms with Crippen LogP contribution in [0, 0.1) is 18.8 Å². The molecule has 1 aromatic carbocycles. The summed E-state index contributed by atoms with van der Waals surface area (Å²) in [7, 11) is 1.69. The fourth-order valence-electron chi connectivity index (χ4n) is 3.97. The van der Waals surface area contributed by atoms with Gasteiger partial charge in [-0.3, -0.25) is 13.9 Å². The van der Waals surface area contributed by atoms with Crippen LogP contribution in [0.1, 0.15) is 26.3 Å². The summed E-state index contributed by atoms with van der Waals surface area (Å²) in [6.45, 7) is 10.2. The first-order valence-corrected chi connectivity index (χ1v) is 9.82. The molecule has 1 aliphatic rings. The van der Waals surface area contributed by atoms with E-state index in [1.807, 2.05) is 18.4 Å². The highest BCUT2D eigenvalue weighted by atomic mass is 16.2. The molecular formula is C21H27N5O2. The first kappa shape index (κ1) is 18.5. The van der Waals surface area contributed by atoms with Crippen molar-refractivity contribution in [3.05, 3.63) is 50.7 Å². The van der Waals surface area contributed by atoms with E-state index < -0.39 is 0 Å². The molecule has 0 spiro atoms. The predicted molar refractivity (Wildman–Crippen MR) is 111 cm³/mol. The molecule has 0 aliphatic carbocycles. The first-order valence-electron chi connectivity index (χ1n) is 9.82. The number of hydrogen-bond acceptors (Lipinski definition) is 4. The molecule has 7 heteroatoms. The van der Waals surface area contributed by atoms with Gasteiger partial charge in [0.05, 0.1) is 0 Å². The molecule has 0 radical (unpaired) electrons. The average molecular weight is 381 g/mol. The molecule has 1 atom stereocenters. The summed E-state index contributed by atoms with van der Waals surface area (Å²) in [5, 5.41) is 0. The summed E-state index contributed by atoms with van der Waals surface area (Å²) in [5.74, 6) is 1.28. The van der Waals surface area contributed by atoms with Gasteiger partial charge >= 0.3 is 5.69 Å². The second-order valence-electron chi connectivity index (χ2n) is 8.40. The van der Waals surface area contributed by atoms with Gasteiger partial charge in [-0.05, 0) is 30.9 Å². The fourth-order valence-corrected chi connectivity index (χ4v) is 3.97. The van der Waals surface area contributed by atoms with Crippen LogP contribution in [0.25, 0.3) is 11.2 Å². The van der Waals surface area contributed by atoms with Crippen molar-refractivity contribution < 1.29 is 0 Å². The molecule has 0 amide bonds. The number of benzene rings is 1. The number of aromatic nitrogens is 4. The van der Waals surface area contributed by atoms with E-state index in [9.17, 15) is 9.59 Å². The van der Waals surface area contributed by atoms with E-state index in [0.29, 0.717) is 30.2 Å². The van der Waals surface area contributed by atoms with Crippen molar-refractivity contribution in [3.63, 3.8) is 0 Å². The van der Waals surface area contributed by atoms with Crippen LogP contribution in [-0.2, 0) is 20.1 Å². The Morgan fingerprint density at radius 2 is 1.82 bits per heavy atom. The Hall–Kier alpha value is -2.83. The molecule has 28 heavy (non-hydrogen) atoms. The minimum absolute atomic E-state index is 0.203. The standard InChI is InChI=1S/C21H27N5O2/c1-13(2)10-26-19(27)17-18(23(5)21(26)28)22-20-24(11-15(4)12-25(17)20)16-8-6-14(3)7-9-16/h6-9,13,15H,10-12H2,1-5H3. The molecule has 0 bridgehead atoms. The lowest BCUT2D eigenvalue weighted by molar-refractivity contribution is 0.454. The first-order chi connectivity index (χ1) is 13.3. The van der Waals surface area contributed by atoms with Gasteiger partial charge in [-0.2, -0.15) is 4.98 Å². The normalized spacial score (nSPS) is 16.8. The summed E-state index contributed by atoms with van der Waals surface area (Å²) in [6, 6.07) is 8.31. The third-order valence-electron chi connectivity index (χ3n) is 5.34. The monoisotopic (exact) mass is 381 g/mol. The fraction of sp³-hybridized carbons (Fsp3) is 0.476. The molecule has 1 aliphatic heterocycles. The lowest BCUT2D eigenvalue weighted by Crippen LogP contribution is -2.41. The van der Waals surface area contributed by atoms with E-state index in [2.05, 4.69) is 43.0 Å². The van der Waals surface area contributed by atoms with Gasteiger partial charge in [0.25, 0.3) is 5.56 Å². The number of imidazole rings is 1. The number of fused-ring (bicyclic) bond motifs is 3. The van der Waals surface area contributed by atoms with Crippen LogP contribution in [0.15, 0.2) is 33.9 Å². The predicted octanol–water partition coefficient (Wildman–Crippen LogP) is 2.65. The molecule has 4 rings (SSSR count). The number of rotatable bonds is 3. The van der Waals surface area contributed by atoms with Crippen LogP contribution in [-0.4, -0.2) is 25.2 Å². The molecule has 3 heterocycles. The third-order valence-corrected chi connectivity index (χ3v) is 5.34. The van der Waals surface area contributed by atoms with Crippen LogP contribution in [0.4, 0.5) is 11.6 Å². The summed E-state index contributed by atoms with van der Waals surface area (Å²) in [5.41, 5.74) is 2.65. The van der Waals surface area contributed by atoms with Crippen LogP contribution in [0.2, 0.25) is 0 Å². The molecule has 7 nitrogen and oxygen atoms in total. The highest BCUT2D eigenvalue weighted by Gasteiger charge is 2.29. The van der Waals surface area contributed by atoms with Crippen molar-refractivity contribution in [1.29, 1.82) is 0 Å². The zero-order chi connectivity index (χ0) is 20.2. The van der Waals surface area contributed by atoms with Gasteiger partial charge in [0, 0.05) is 32.4 Å². The third kappa shape index (κ3) is 2.85. The van der Waals surface area contributed by atoms with Gasteiger partial charge in [-0.15, -0.1) is 0 Å². The Bertz CT molecular complexity index is 1150. The molecule has 148 valence electrons. The quantitative estimate of drug-likeness (QED) is 0.700. The van der Waals surface area contributed by atoms with Crippen LogP contribution in [0.3, 0.4) is 0 Å². The van der Waals surface area contributed by atoms with Gasteiger partial charge < -0.3 is 9.47 Å². The number of anilines is 2.